The molecule has 0 spiro atoms. The van der Waals surface area contributed by atoms with Crippen molar-refractivity contribution in [3.05, 3.63) is 41.7 Å². The van der Waals surface area contributed by atoms with Crippen molar-refractivity contribution < 1.29 is 19.1 Å². The highest BCUT2D eigenvalue weighted by molar-refractivity contribution is 5.90. The summed E-state index contributed by atoms with van der Waals surface area (Å²) < 4.78 is 14.5. The second-order valence-electron chi connectivity index (χ2n) is 5.89. The van der Waals surface area contributed by atoms with Crippen molar-refractivity contribution in [1.29, 1.82) is 0 Å². The van der Waals surface area contributed by atoms with Crippen molar-refractivity contribution in [2.75, 3.05) is 0 Å². The second kappa shape index (κ2) is 6.38. The minimum Gasteiger partial charge on any atom is -0.481 e. The Morgan fingerprint density at radius 2 is 2.00 bits per heavy atom. The van der Waals surface area contributed by atoms with Crippen LogP contribution in [0.1, 0.15) is 35.7 Å². The largest absolute Gasteiger partial charge is 0.481 e. The fourth-order valence-corrected chi connectivity index (χ4v) is 2.90. The molecule has 1 saturated carbocycles. The maximum Gasteiger partial charge on any atom is 0.306 e. The average Bonchev–Trinajstić information content (AvgIpc) is 3.15. The molecule has 2 atom stereocenters. The van der Waals surface area contributed by atoms with Crippen molar-refractivity contribution in [1.82, 2.24) is 20.1 Å². The van der Waals surface area contributed by atoms with Crippen LogP contribution in [-0.2, 0) is 4.79 Å². The molecule has 1 fully saturated rings. The highest BCUT2D eigenvalue weighted by atomic mass is 19.1. The topological polar surface area (TPSA) is 97.1 Å². The Bertz CT molecular complexity index is 772. The highest BCUT2D eigenvalue weighted by Crippen LogP contribution is 2.25. The van der Waals surface area contributed by atoms with Gasteiger partial charge in [-0.15, -0.1) is 5.10 Å². The molecule has 7 nitrogen and oxygen atoms in total. The lowest BCUT2D eigenvalue weighted by atomic mass is 10.1. The number of aliphatic carboxylic acids is 1. The average molecular weight is 332 g/mol. The summed E-state index contributed by atoms with van der Waals surface area (Å²) >= 11 is 0. The number of carboxylic acids is 1. The van der Waals surface area contributed by atoms with E-state index in [9.17, 15) is 14.0 Å². The number of carbonyl (C=O) groups is 2. The van der Waals surface area contributed by atoms with Crippen LogP contribution in [0, 0.1) is 18.7 Å². The summed E-state index contributed by atoms with van der Waals surface area (Å²) in [5.74, 6) is -1.53. The first-order valence-corrected chi connectivity index (χ1v) is 7.67. The molecule has 1 aromatic heterocycles. The van der Waals surface area contributed by atoms with Crippen molar-refractivity contribution in [2.24, 2.45) is 5.92 Å². The molecule has 3 rings (SSSR count). The summed E-state index contributed by atoms with van der Waals surface area (Å²) in [6.45, 7) is 1.70. The van der Waals surface area contributed by atoms with Crippen LogP contribution in [-0.4, -0.2) is 37.8 Å². The van der Waals surface area contributed by atoms with Crippen LogP contribution in [0.4, 0.5) is 4.39 Å². The van der Waals surface area contributed by atoms with Crippen molar-refractivity contribution in [3.63, 3.8) is 0 Å². The minimum atomic E-state index is -0.832. The molecule has 0 unspecified atom stereocenters. The van der Waals surface area contributed by atoms with Gasteiger partial charge in [-0.2, -0.15) is 0 Å². The zero-order valence-corrected chi connectivity index (χ0v) is 13.1. The van der Waals surface area contributed by atoms with Gasteiger partial charge in [-0.3, -0.25) is 9.59 Å². The Kier molecular flexibility index (Phi) is 4.28. The zero-order valence-electron chi connectivity index (χ0n) is 13.1. The number of nitrogens with one attached hydrogen (secondary N) is 1. The predicted octanol–water partition coefficient (Wildman–Crippen LogP) is 1.70. The molecule has 2 aromatic rings. The third-order valence-electron chi connectivity index (χ3n) is 4.16. The van der Waals surface area contributed by atoms with Crippen LogP contribution < -0.4 is 5.32 Å². The summed E-state index contributed by atoms with van der Waals surface area (Å²) in [4.78, 5) is 27.4. The van der Waals surface area contributed by atoms with E-state index in [1.54, 1.807) is 19.1 Å². The van der Waals surface area contributed by atoms with Crippen LogP contribution in [0.25, 0.3) is 5.69 Å². The Morgan fingerprint density at radius 1 is 1.29 bits per heavy atom. The van der Waals surface area contributed by atoms with E-state index in [0.717, 1.165) is 0 Å². The van der Waals surface area contributed by atoms with Crippen LogP contribution in [0.5, 0.6) is 0 Å². The summed E-state index contributed by atoms with van der Waals surface area (Å²) in [5.41, 5.74) is 0.604. The van der Waals surface area contributed by atoms with Crippen molar-refractivity contribution in [2.45, 2.75) is 32.2 Å². The fraction of sp³-hybridized carbons (Fsp3) is 0.375. The molecule has 2 N–H and O–H groups in total. The number of benzene rings is 1. The third kappa shape index (κ3) is 3.27. The van der Waals surface area contributed by atoms with Crippen LogP contribution in [0.3, 0.4) is 0 Å². The first-order chi connectivity index (χ1) is 11.4. The summed E-state index contributed by atoms with van der Waals surface area (Å²) in [5, 5.41) is 15.9. The third-order valence-corrected chi connectivity index (χ3v) is 4.16. The maximum atomic E-state index is 13.0. The second-order valence-corrected chi connectivity index (χ2v) is 5.89. The van der Waals surface area contributed by atoms with E-state index in [2.05, 4.69) is 15.4 Å². The van der Waals surface area contributed by atoms with Gasteiger partial charge in [0, 0.05) is 6.04 Å². The Hall–Kier alpha value is -2.77. The van der Waals surface area contributed by atoms with E-state index < -0.39 is 17.8 Å². The van der Waals surface area contributed by atoms with Gasteiger partial charge in [0.1, 0.15) is 11.6 Å². The van der Waals surface area contributed by atoms with Gasteiger partial charge in [-0.05, 0) is 50.5 Å². The number of hydrogen-bond acceptors (Lipinski definition) is 4. The minimum absolute atomic E-state index is 0.00981. The molecule has 1 aliphatic carbocycles. The number of halogens is 1. The lowest BCUT2D eigenvalue weighted by molar-refractivity contribution is -0.141. The van der Waals surface area contributed by atoms with E-state index in [1.807, 2.05) is 0 Å². The van der Waals surface area contributed by atoms with Crippen LogP contribution in [0.2, 0.25) is 0 Å². The molecule has 0 radical (unpaired) electrons. The van der Waals surface area contributed by atoms with E-state index in [-0.39, 0.29) is 17.7 Å². The molecule has 24 heavy (non-hydrogen) atoms. The lowest BCUT2D eigenvalue weighted by Gasteiger charge is -2.10. The molecule has 1 heterocycles. The van der Waals surface area contributed by atoms with Gasteiger partial charge in [-0.1, -0.05) is 0 Å². The molecule has 1 amide bonds. The number of hydrogen-bond donors (Lipinski definition) is 2. The maximum absolute atomic E-state index is 13.0. The molecule has 126 valence electrons. The highest BCUT2D eigenvalue weighted by Gasteiger charge is 2.31. The van der Waals surface area contributed by atoms with Crippen LogP contribution in [0.15, 0.2) is 24.3 Å². The van der Waals surface area contributed by atoms with Gasteiger partial charge in [0.2, 0.25) is 5.82 Å². The standard InChI is InChI=1S/C16H17FN4O3/c1-9-18-14(20-21(9)13-6-3-11(17)4-7-13)15(22)19-12-5-2-10(8-12)16(23)24/h3-4,6-7,10,12H,2,5,8H2,1H3,(H,19,22)(H,23,24)/t10-,12+/m0/s1. The quantitative estimate of drug-likeness (QED) is 0.888. The number of rotatable bonds is 4. The first-order valence-electron chi connectivity index (χ1n) is 7.67. The summed E-state index contributed by atoms with van der Waals surface area (Å²) in [7, 11) is 0. The van der Waals surface area contributed by atoms with Crippen LogP contribution >= 0.6 is 0 Å². The molecule has 0 bridgehead atoms. The SMILES string of the molecule is Cc1nc(C(=O)N[C@@H]2CC[C@H](C(=O)O)C2)nn1-c1ccc(F)cc1. The lowest BCUT2D eigenvalue weighted by Crippen LogP contribution is -2.34. The predicted molar refractivity (Wildman–Crippen MR) is 82.3 cm³/mol. The Morgan fingerprint density at radius 3 is 2.62 bits per heavy atom. The van der Waals surface area contributed by atoms with Crippen molar-refractivity contribution in [3.8, 4) is 5.69 Å². The van der Waals surface area contributed by atoms with Gasteiger partial charge in [0.15, 0.2) is 0 Å². The van der Waals surface area contributed by atoms with Gasteiger partial charge < -0.3 is 10.4 Å². The van der Waals surface area contributed by atoms with E-state index in [1.165, 1.54) is 16.8 Å². The molecule has 1 aromatic carbocycles. The number of aromatic nitrogens is 3. The van der Waals surface area contributed by atoms with Crippen molar-refractivity contribution >= 4 is 11.9 Å². The molecule has 1 aliphatic rings. The number of carboxylic acid groups (broad SMARTS) is 1. The fourth-order valence-electron chi connectivity index (χ4n) is 2.90. The summed E-state index contributed by atoms with van der Waals surface area (Å²) in [6, 6.07) is 5.53. The number of amides is 1. The van der Waals surface area contributed by atoms with Gasteiger partial charge in [0.25, 0.3) is 5.91 Å². The Labute approximate surface area is 137 Å². The Balaban J connectivity index is 1.71. The normalized spacial score (nSPS) is 20.1. The van der Waals surface area contributed by atoms with Gasteiger partial charge in [-0.25, -0.2) is 14.1 Å². The number of carbonyl (C=O) groups excluding carboxylic acids is 1. The molecular weight excluding hydrogens is 315 g/mol. The zero-order chi connectivity index (χ0) is 17.3. The van der Waals surface area contributed by atoms with E-state index >= 15 is 0 Å². The molecular formula is C16H17FN4O3. The first kappa shape index (κ1) is 16.1. The summed E-state index contributed by atoms with van der Waals surface area (Å²) in [6.07, 6.45) is 1.59. The van der Waals surface area contributed by atoms with E-state index in [0.29, 0.717) is 30.8 Å². The van der Waals surface area contributed by atoms with Gasteiger partial charge in [0.05, 0.1) is 11.6 Å². The number of aryl methyl sites for hydroxylation is 1. The molecule has 0 saturated heterocycles. The monoisotopic (exact) mass is 332 g/mol. The molecule has 0 aliphatic heterocycles. The van der Waals surface area contributed by atoms with Gasteiger partial charge >= 0.3 is 5.97 Å². The molecule has 8 heteroatoms. The number of nitrogens with zero attached hydrogens (tertiary/aromatic N) is 3. The van der Waals surface area contributed by atoms with E-state index in [4.69, 9.17) is 5.11 Å². The smallest absolute Gasteiger partial charge is 0.306 e.